The Balaban J connectivity index is 3.09. The molecule has 7 heteroatoms. The molecule has 0 unspecified atom stereocenters. The zero-order chi connectivity index (χ0) is 13.8. The Kier molecular flexibility index (Phi) is 4.09. The summed E-state index contributed by atoms with van der Waals surface area (Å²) in [7, 11) is 0. The number of rotatable bonds is 4. The molecule has 0 amide bonds. The molecule has 18 heavy (non-hydrogen) atoms. The first kappa shape index (κ1) is 13.8. The summed E-state index contributed by atoms with van der Waals surface area (Å²) in [5.74, 6) is -1.85. The minimum absolute atomic E-state index is 0.0539. The predicted molar refractivity (Wildman–Crippen MR) is 55.2 cm³/mol. The van der Waals surface area contributed by atoms with Crippen molar-refractivity contribution < 1.29 is 32.6 Å². The summed E-state index contributed by atoms with van der Waals surface area (Å²) in [5.41, 5.74) is 0.0584. The Bertz CT molecular complexity index is 492. The van der Waals surface area contributed by atoms with Crippen LogP contribution in [0.5, 0.6) is 5.75 Å². The maximum Gasteiger partial charge on any atom is 0.573 e. The third kappa shape index (κ3) is 4.69. The number of ether oxygens (including phenoxy) is 1. The summed E-state index contributed by atoms with van der Waals surface area (Å²) in [5, 5.41) is 8.39. The zero-order valence-corrected chi connectivity index (χ0v) is 8.77. The van der Waals surface area contributed by atoms with Crippen LogP contribution in [-0.2, 0) is 4.79 Å². The zero-order valence-electron chi connectivity index (χ0n) is 8.77. The summed E-state index contributed by atoms with van der Waals surface area (Å²) in [6.07, 6.45) is -2.75. The van der Waals surface area contributed by atoms with Crippen LogP contribution < -0.4 is 4.74 Å². The van der Waals surface area contributed by atoms with Crippen molar-refractivity contribution >= 4 is 18.3 Å². The average molecular weight is 260 g/mol. The molecule has 0 aliphatic heterocycles. The van der Waals surface area contributed by atoms with Gasteiger partial charge in [0.05, 0.1) is 0 Å². The highest BCUT2D eigenvalue weighted by Crippen LogP contribution is 2.25. The Hall–Kier alpha value is -2.31. The molecule has 0 bridgehead atoms. The van der Waals surface area contributed by atoms with Gasteiger partial charge in [0.15, 0.2) is 0 Å². The fourth-order valence-electron chi connectivity index (χ4n) is 1.17. The number of benzene rings is 1. The average Bonchev–Trinajstić information content (AvgIpc) is 2.23. The third-order valence-corrected chi connectivity index (χ3v) is 1.74. The van der Waals surface area contributed by atoms with Gasteiger partial charge in [-0.15, -0.1) is 13.2 Å². The molecule has 0 fully saturated rings. The van der Waals surface area contributed by atoms with Crippen LogP contribution in [0.15, 0.2) is 24.3 Å². The van der Waals surface area contributed by atoms with E-state index in [1.165, 1.54) is 6.07 Å². The number of alkyl halides is 3. The van der Waals surface area contributed by atoms with Crippen molar-refractivity contribution in [2.24, 2.45) is 0 Å². The van der Waals surface area contributed by atoms with Crippen LogP contribution in [0.2, 0.25) is 0 Å². The number of halogens is 3. The molecule has 0 heterocycles. The molecule has 0 atom stereocenters. The number of carbonyl (C=O) groups is 2. The van der Waals surface area contributed by atoms with Crippen molar-refractivity contribution in [3.8, 4) is 5.75 Å². The minimum Gasteiger partial charge on any atom is -0.478 e. The van der Waals surface area contributed by atoms with Crippen LogP contribution >= 0.6 is 0 Å². The molecule has 0 radical (unpaired) electrons. The number of carboxylic acid groups (broad SMARTS) is 1. The monoisotopic (exact) mass is 260 g/mol. The minimum atomic E-state index is -4.88. The van der Waals surface area contributed by atoms with Crippen molar-refractivity contribution in [2.75, 3.05) is 0 Å². The molecule has 0 saturated carbocycles. The van der Waals surface area contributed by atoms with Gasteiger partial charge < -0.3 is 9.84 Å². The fourth-order valence-corrected chi connectivity index (χ4v) is 1.17. The summed E-state index contributed by atoms with van der Waals surface area (Å²) >= 11 is 0. The maximum atomic E-state index is 12.0. The second-order valence-electron chi connectivity index (χ2n) is 3.17. The van der Waals surface area contributed by atoms with Crippen LogP contribution in [0.4, 0.5) is 13.2 Å². The van der Waals surface area contributed by atoms with Gasteiger partial charge in [-0.25, -0.2) is 4.79 Å². The summed E-state index contributed by atoms with van der Waals surface area (Å²) in [4.78, 5) is 20.8. The molecule has 1 aromatic carbocycles. The molecule has 96 valence electrons. The normalized spacial score (nSPS) is 11.5. The highest BCUT2D eigenvalue weighted by atomic mass is 19.4. The van der Waals surface area contributed by atoms with E-state index in [4.69, 9.17) is 5.11 Å². The van der Waals surface area contributed by atoms with Crippen molar-refractivity contribution in [2.45, 2.75) is 6.36 Å². The van der Waals surface area contributed by atoms with Crippen molar-refractivity contribution in [3.05, 3.63) is 35.4 Å². The lowest BCUT2D eigenvalue weighted by Gasteiger charge is -2.09. The van der Waals surface area contributed by atoms with Gasteiger partial charge in [-0.3, -0.25) is 4.79 Å². The molecular formula is C11H7F3O4. The molecule has 1 N–H and O–H groups in total. The van der Waals surface area contributed by atoms with E-state index < -0.39 is 18.1 Å². The molecule has 0 aliphatic carbocycles. The van der Waals surface area contributed by atoms with Gasteiger partial charge in [-0.05, 0) is 29.8 Å². The van der Waals surface area contributed by atoms with Crippen LogP contribution in [-0.4, -0.2) is 23.7 Å². The Morgan fingerprint density at radius 1 is 1.22 bits per heavy atom. The third-order valence-electron chi connectivity index (χ3n) is 1.74. The van der Waals surface area contributed by atoms with Gasteiger partial charge in [0, 0.05) is 11.6 Å². The lowest BCUT2D eigenvalue weighted by atomic mass is 10.1. The number of carboxylic acids is 1. The topological polar surface area (TPSA) is 63.6 Å². The number of carbonyl (C=O) groups excluding carboxylic acids is 1. The van der Waals surface area contributed by atoms with E-state index >= 15 is 0 Å². The Morgan fingerprint density at radius 2 is 1.83 bits per heavy atom. The molecule has 0 aliphatic rings. The highest BCUT2D eigenvalue weighted by molar-refractivity contribution is 5.86. The number of hydrogen-bond acceptors (Lipinski definition) is 3. The second-order valence-corrected chi connectivity index (χ2v) is 3.17. The molecular weight excluding hydrogens is 253 g/mol. The number of aliphatic carboxylic acids is 1. The van der Waals surface area contributed by atoms with E-state index in [1.54, 1.807) is 0 Å². The van der Waals surface area contributed by atoms with E-state index in [0.717, 1.165) is 24.3 Å². The molecule has 1 aromatic rings. The van der Waals surface area contributed by atoms with E-state index in [-0.39, 0.29) is 11.1 Å². The quantitative estimate of drug-likeness (QED) is 0.667. The number of hydrogen-bond donors (Lipinski definition) is 1. The first-order valence-electron chi connectivity index (χ1n) is 4.57. The largest absolute Gasteiger partial charge is 0.573 e. The SMILES string of the molecule is O=Cc1cc(/C=C/C(=O)O)cc(OC(F)(F)F)c1. The molecule has 0 aromatic heterocycles. The lowest BCUT2D eigenvalue weighted by molar-refractivity contribution is -0.274. The molecule has 0 saturated heterocycles. The van der Waals surface area contributed by atoms with Crippen LogP contribution in [0.3, 0.4) is 0 Å². The molecule has 4 nitrogen and oxygen atoms in total. The summed E-state index contributed by atoms with van der Waals surface area (Å²) in [6.45, 7) is 0. The van der Waals surface area contributed by atoms with Crippen LogP contribution in [0, 0.1) is 0 Å². The summed E-state index contributed by atoms with van der Waals surface area (Å²) < 4.78 is 39.7. The van der Waals surface area contributed by atoms with Crippen molar-refractivity contribution in [1.82, 2.24) is 0 Å². The smallest absolute Gasteiger partial charge is 0.478 e. The number of aldehydes is 1. The predicted octanol–water partition coefficient (Wildman–Crippen LogP) is 2.50. The molecule has 0 spiro atoms. The first-order valence-corrected chi connectivity index (χ1v) is 4.57. The van der Waals surface area contributed by atoms with Gasteiger partial charge in [-0.1, -0.05) is 0 Å². The highest BCUT2D eigenvalue weighted by Gasteiger charge is 2.31. The van der Waals surface area contributed by atoms with Gasteiger partial charge in [0.1, 0.15) is 12.0 Å². The maximum absolute atomic E-state index is 12.0. The lowest BCUT2D eigenvalue weighted by Crippen LogP contribution is -2.17. The van der Waals surface area contributed by atoms with E-state index in [2.05, 4.69) is 4.74 Å². The van der Waals surface area contributed by atoms with Crippen LogP contribution in [0.1, 0.15) is 15.9 Å². The van der Waals surface area contributed by atoms with Crippen molar-refractivity contribution in [3.63, 3.8) is 0 Å². The standard InChI is InChI=1S/C11H7F3O4/c12-11(13,14)18-9-4-7(1-2-10(16)17)3-8(5-9)6-15/h1-6H,(H,16,17)/b2-1+. The second kappa shape index (κ2) is 5.35. The van der Waals surface area contributed by atoms with Gasteiger partial charge in [0.2, 0.25) is 0 Å². The molecule has 1 rings (SSSR count). The fraction of sp³-hybridized carbons (Fsp3) is 0.0909. The summed E-state index contributed by atoms with van der Waals surface area (Å²) in [6, 6.07) is 3.11. The van der Waals surface area contributed by atoms with Crippen LogP contribution in [0.25, 0.3) is 6.08 Å². The Labute approximate surface area is 99.3 Å². The van der Waals surface area contributed by atoms with Gasteiger partial charge in [-0.2, -0.15) is 0 Å². The van der Waals surface area contributed by atoms with E-state index in [1.807, 2.05) is 0 Å². The van der Waals surface area contributed by atoms with Gasteiger partial charge in [0.25, 0.3) is 0 Å². The first-order chi connectivity index (χ1) is 8.30. The van der Waals surface area contributed by atoms with Gasteiger partial charge >= 0.3 is 12.3 Å². The van der Waals surface area contributed by atoms with Crippen molar-refractivity contribution in [1.29, 1.82) is 0 Å². The van der Waals surface area contributed by atoms with E-state index in [0.29, 0.717) is 6.29 Å². The Morgan fingerprint density at radius 3 is 2.33 bits per heavy atom. The van der Waals surface area contributed by atoms with E-state index in [9.17, 15) is 22.8 Å².